The highest BCUT2D eigenvalue weighted by Gasteiger charge is 2.24. The SMILES string of the molecule is COc1cccc(C(C#N)C(=O)c2ccc(Cl)o2)c1. The van der Waals surface area contributed by atoms with Crippen molar-refractivity contribution < 1.29 is 13.9 Å². The van der Waals surface area contributed by atoms with Crippen LogP contribution in [0.2, 0.25) is 5.22 Å². The molecule has 1 heterocycles. The molecule has 0 saturated carbocycles. The molecule has 5 heteroatoms. The minimum Gasteiger partial charge on any atom is -0.497 e. The summed E-state index contributed by atoms with van der Waals surface area (Å²) in [5.41, 5.74) is 0.555. The largest absolute Gasteiger partial charge is 0.497 e. The number of carbonyl (C=O) groups excluding carboxylic acids is 1. The molecule has 2 rings (SSSR count). The first-order valence-corrected chi connectivity index (χ1v) is 5.86. The number of nitriles is 1. The Kier molecular flexibility index (Phi) is 3.88. The number of hydrogen-bond acceptors (Lipinski definition) is 4. The molecule has 1 aromatic heterocycles. The van der Waals surface area contributed by atoms with Crippen LogP contribution in [-0.2, 0) is 0 Å². The molecule has 4 nitrogen and oxygen atoms in total. The first-order valence-electron chi connectivity index (χ1n) is 5.49. The summed E-state index contributed by atoms with van der Waals surface area (Å²) < 4.78 is 10.1. The lowest BCUT2D eigenvalue weighted by Crippen LogP contribution is -2.10. The molecule has 0 spiro atoms. The Morgan fingerprint density at radius 3 is 2.79 bits per heavy atom. The summed E-state index contributed by atoms with van der Waals surface area (Å²) in [4.78, 5) is 12.2. The van der Waals surface area contributed by atoms with E-state index < -0.39 is 11.7 Å². The van der Waals surface area contributed by atoms with Gasteiger partial charge in [-0.3, -0.25) is 4.79 Å². The van der Waals surface area contributed by atoms with E-state index in [9.17, 15) is 10.1 Å². The average molecular weight is 276 g/mol. The van der Waals surface area contributed by atoms with Crippen molar-refractivity contribution in [2.75, 3.05) is 7.11 Å². The molecular weight excluding hydrogens is 266 g/mol. The third kappa shape index (κ3) is 2.78. The Hall–Kier alpha value is -2.25. The van der Waals surface area contributed by atoms with Gasteiger partial charge in [0.1, 0.15) is 11.7 Å². The van der Waals surface area contributed by atoms with Gasteiger partial charge in [-0.1, -0.05) is 12.1 Å². The van der Waals surface area contributed by atoms with Crippen LogP contribution in [-0.4, -0.2) is 12.9 Å². The van der Waals surface area contributed by atoms with Crippen molar-refractivity contribution in [1.82, 2.24) is 0 Å². The molecule has 0 saturated heterocycles. The summed E-state index contributed by atoms with van der Waals surface area (Å²) >= 11 is 5.62. The summed E-state index contributed by atoms with van der Waals surface area (Å²) in [7, 11) is 1.52. The molecule has 0 aliphatic rings. The first kappa shape index (κ1) is 13.2. The van der Waals surface area contributed by atoms with Crippen LogP contribution in [0.1, 0.15) is 22.0 Å². The fraction of sp³-hybridized carbons (Fsp3) is 0.143. The van der Waals surface area contributed by atoms with Gasteiger partial charge in [0.25, 0.3) is 0 Å². The van der Waals surface area contributed by atoms with Crippen LogP contribution < -0.4 is 4.74 Å². The van der Waals surface area contributed by atoms with E-state index in [1.807, 2.05) is 6.07 Å². The maximum absolute atomic E-state index is 12.2. The standard InChI is InChI=1S/C14H10ClNO3/c1-18-10-4-2-3-9(7-10)11(8-16)14(17)12-5-6-13(15)19-12/h2-7,11H,1H3. The Morgan fingerprint density at radius 1 is 1.42 bits per heavy atom. The van der Waals surface area contributed by atoms with Crippen LogP contribution in [0.4, 0.5) is 0 Å². The van der Waals surface area contributed by atoms with E-state index in [1.54, 1.807) is 24.3 Å². The molecule has 0 aliphatic carbocycles. The van der Waals surface area contributed by atoms with E-state index in [2.05, 4.69) is 0 Å². The van der Waals surface area contributed by atoms with E-state index in [-0.39, 0.29) is 11.0 Å². The molecule has 1 unspecified atom stereocenters. The Labute approximate surface area is 115 Å². The number of Topliss-reactive ketones (excluding diaryl/α,β-unsaturated/α-hetero) is 1. The fourth-order valence-electron chi connectivity index (χ4n) is 1.69. The third-order valence-electron chi connectivity index (χ3n) is 2.63. The highest BCUT2D eigenvalue weighted by molar-refractivity contribution is 6.29. The molecule has 96 valence electrons. The lowest BCUT2D eigenvalue weighted by atomic mass is 9.94. The van der Waals surface area contributed by atoms with Crippen molar-refractivity contribution in [2.24, 2.45) is 0 Å². The molecular formula is C14H10ClNO3. The smallest absolute Gasteiger partial charge is 0.219 e. The molecule has 0 N–H and O–H groups in total. The Morgan fingerprint density at radius 2 is 2.21 bits per heavy atom. The van der Waals surface area contributed by atoms with Crippen molar-refractivity contribution in [3.8, 4) is 11.8 Å². The van der Waals surface area contributed by atoms with Crippen LogP contribution in [0.5, 0.6) is 5.75 Å². The zero-order chi connectivity index (χ0) is 13.8. The third-order valence-corrected chi connectivity index (χ3v) is 2.84. The predicted octanol–water partition coefficient (Wildman–Crippen LogP) is 3.43. The van der Waals surface area contributed by atoms with Gasteiger partial charge < -0.3 is 9.15 Å². The lowest BCUT2D eigenvalue weighted by Gasteiger charge is -2.08. The van der Waals surface area contributed by atoms with Crippen LogP contribution in [0.15, 0.2) is 40.8 Å². The maximum Gasteiger partial charge on any atom is 0.219 e. The molecule has 2 aromatic rings. The first-order chi connectivity index (χ1) is 9.15. The van der Waals surface area contributed by atoms with E-state index in [0.29, 0.717) is 11.3 Å². The van der Waals surface area contributed by atoms with Gasteiger partial charge in [0.15, 0.2) is 11.0 Å². The minimum atomic E-state index is -0.947. The number of carbonyl (C=O) groups is 1. The number of ether oxygens (including phenoxy) is 1. The van der Waals surface area contributed by atoms with Crippen molar-refractivity contribution in [2.45, 2.75) is 5.92 Å². The van der Waals surface area contributed by atoms with Crippen molar-refractivity contribution in [1.29, 1.82) is 5.26 Å². The van der Waals surface area contributed by atoms with Gasteiger partial charge in [0.05, 0.1) is 13.2 Å². The summed E-state index contributed by atoms with van der Waals surface area (Å²) in [5, 5.41) is 9.31. The van der Waals surface area contributed by atoms with Crippen molar-refractivity contribution in [3.05, 3.63) is 52.9 Å². The Balaban J connectivity index is 2.34. The van der Waals surface area contributed by atoms with Crippen LogP contribution >= 0.6 is 11.6 Å². The normalized spacial score (nSPS) is 11.6. The summed E-state index contributed by atoms with van der Waals surface area (Å²) in [6, 6.07) is 11.7. The molecule has 1 aromatic carbocycles. The number of nitrogens with zero attached hydrogens (tertiary/aromatic N) is 1. The van der Waals surface area contributed by atoms with Gasteiger partial charge in [-0.15, -0.1) is 0 Å². The summed E-state index contributed by atoms with van der Waals surface area (Å²) in [6.07, 6.45) is 0. The van der Waals surface area contributed by atoms with E-state index >= 15 is 0 Å². The van der Waals surface area contributed by atoms with E-state index in [4.69, 9.17) is 20.8 Å². The van der Waals surface area contributed by atoms with Crippen LogP contribution in [0.25, 0.3) is 0 Å². The molecule has 19 heavy (non-hydrogen) atoms. The fourth-order valence-corrected chi connectivity index (χ4v) is 1.84. The van der Waals surface area contributed by atoms with Crippen LogP contribution in [0.3, 0.4) is 0 Å². The molecule has 0 amide bonds. The van der Waals surface area contributed by atoms with Crippen LogP contribution in [0, 0.1) is 11.3 Å². The number of furan rings is 1. The zero-order valence-corrected chi connectivity index (χ0v) is 10.8. The maximum atomic E-state index is 12.2. The predicted molar refractivity (Wildman–Crippen MR) is 69.4 cm³/mol. The number of methoxy groups -OCH3 is 1. The number of halogens is 1. The average Bonchev–Trinajstić information content (AvgIpc) is 2.86. The molecule has 0 aliphatic heterocycles. The second-order valence-electron chi connectivity index (χ2n) is 3.81. The lowest BCUT2D eigenvalue weighted by molar-refractivity contribution is 0.0952. The van der Waals surface area contributed by atoms with Gasteiger partial charge in [0, 0.05) is 0 Å². The highest BCUT2D eigenvalue weighted by Crippen LogP contribution is 2.25. The monoisotopic (exact) mass is 275 g/mol. The highest BCUT2D eigenvalue weighted by atomic mass is 35.5. The van der Waals surface area contributed by atoms with Gasteiger partial charge in [0.2, 0.25) is 5.78 Å². The number of ketones is 1. The molecule has 1 atom stereocenters. The second kappa shape index (κ2) is 5.59. The van der Waals surface area contributed by atoms with Crippen molar-refractivity contribution in [3.63, 3.8) is 0 Å². The topological polar surface area (TPSA) is 63.2 Å². The van der Waals surface area contributed by atoms with Gasteiger partial charge >= 0.3 is 0 Å². The molecule has 0 fully saturated rings. The number of benzene rings is 1. The van der Waals surface area contributed by atoms with Gasteiger partial charge in [-0.25, -0.2) is 0 Å². The summed E-state index contributed by atoms with van der Waals surface area (Å²) in [6.45, 7) is 0. The molecule has 0 bridgehead atoms. The van der Waals surface area contributed by atoms with E-state index in [0.717, 1.165) is 0 Å². The second-order valence-corrected chi connectivity index (χ2v) is 4.18. The van der Waals surface area contributed by atoms with Gasteiger partial charge in [-0.05, 0) is 41.4 Å². The number of rotatable bonds is 4. The van der Waals surface area contributed by atoms with E-state index in [1.165, 1.54) is 19.2 Å². The minimum absolute atomic E-state index is 0.0689. The molecule has 0 radical (unpaired) electrons. The zero-order valence-electron chi connectivity index (χ0n) is 10.1. The summed E-state index contributed by atoms with van der Waals surface area (Å²) in [5.74, 6) is -0.720. The Bertz CT molecular complexity index is 642. The quantitative estimate of drug-likeness (QED) is 0.802. The van der Waals surface area contributed by atoms with Gasteiger partial charge in [-0.2, -0.15) is 5.26 Å². The van der Waals surface area contributed by atoms with Crippen molar-refractivity contribution >= 4 is 17.4 Å². The number of hydrogen-bond donors (Lipinski definition) is 0.